The van der Waals surface area contributed by atoms with Gasteiger partial charge in [0.2, 0.25) is 18.5 Å². The fraction of sp³-hybridized carbons (Fsp3) is 0.130. The molecule has 0 radical (unpaired) electrons. The summed E-state index contributed by atoms with van der Waals surface area (Å²) in [5, 5.41) is 17.8. The predicted octanol–water partition coefficient (Wildman–Crippen LogP) is 5.36. The quantitative estimate of drug-likeness (QED) is 0.253. The maximum Gasteiger partial charge on any atom is 0.417 e. The van der Waals surface area contributed by atoms with E-state index in [4.69, 9.17) is 4.52 Å². The summed E-state index contributed by atoms with van der Waals surface area (Å²) in [6.07, 6.45) is -6.94. The standard InChI is InChI=1S/C23H13F6N5O2/c24-22(25,26)12-5-6-14(16(7-12)23(27,28)29)17-8-13(36-33-17)10-34-11-19-18(9-30-34)31-21(32-19)15-3-1-2-4-20(15)35/h1-9,11H,10H2,(H,32,35)/p+1. The third-order valence-electron chi connectivity index (χ3n) is 5.33. The molecule has 0 saturated carbocycles. The Hall–Kier alpha value is -4.42. The third kappa shape index (κ3) is 4.46. The van der Waals surface area contributed by atoms with Crippen molar-refractivity contribution in [3.8, 4) is 28.4 Å². The number of nitrogens with one attached hydrogen (secondary N) is 1. The number of rotatable bonds is 4. The maximum atomic E-state index is 13.5. The molecular weight excluding hydrogens is 492 g/mol. The Morgan fingerprint density at radius 2 is 1.72 bits per heavy atom. The number of phenols is 1. The highest BCUT2D eigenvalue weighted by molar-refractivity contribution is 5.78. The Kier molecular flexibility index (Phi) is 5.42. The van der Waals surface area contributed by atoms with Crippen molar-refractivity contribution in [2.24, 2.45) is 0 Å². The van der Waals surface area contributed by atoms with Crippen molar-refractivity contribution < 1.29 is 40.7 Å². The number of hydrogen-bond acceptors (Lipinski definition) is 5. The van der Waals surface area contributed by atoms with Gasteiger partial charge in [0.05, 0.1) is 16.7 Å². The number of phenolic OH excluding ortho intramolecular Hbond substituents is 1. The molecule has 0 spiro atoms. The van der Waals surface area contributed by atoms with Crippen molar-refractivity contribution in [3.05, 3.63) is 77.8 Å². The van der Waals surface area contributed by atoms with Crippen LogP contribution < -0.4 is 4.68 Å². The van der Waals surface area contributed by atoms with Crippen molar-refractivity contribution in [2.45, 2.75) is 18.9 Å². The molecule has 0 atom stereocenters. The lowest BCUT2D eigenvalue weighted by atomic mass is 10.0. The zero-order chi connectivity index (χ0) is 25.7. The highest BCUT2D eigenvalue weighted by atomic mass is 19.4. The number of alkyl halides is 6. The second kappa shape index (κ2) is 8.36. The molecule has 0 aliphatic rings. The number of hydrogen-bond donors (Lipinski definition) is 2. The number of H-pyrrole nitrogens is 1. The molecule has 0 unspecified atom stereocenters. The van der Waals surface area contributed by atoms with Crippen LogP contribution in [0.25, 0.3) is 33.7 Å². The van der Waals surface area contributed by atoms with Crippen molar-refractivity contribution in [1.82, 2.24) is 20.2 Å². The molecule has 3 heterocycles. The van der Waals surface area contributed by atoms with Gasteiger partial charge in [0.1, 0.15) is 34.5 Å². The van der Waals surface area contributed by atoms with Crippen LogP contribution in [0.4, 0.5) is 26.3 Å². The van der Waals surface area contributed by atoms with E-state index in [2.05, 4.69) is 20.2 Å². The van der Waals surface area contributed by atoms with Crippen LogP contribution in [0.1, 0.15) is 16.9 Å². The number of aromatic hydroxyl groups is 1. The van der Waals surface area contributed by atoms with E-state index in [0.29, 0.717) is 28.5 Å². The summed E-state index contributed by atoms with van der Waals surface area (Å²) in [5.41, 5.74) is -2.16. The van der Waals surface area contributed by atoms with E-state index in [9.17, 15) is 31.4 Å². The minimum absolute atomic E-state index is 0.0319. The molecule has 0 aliphatic carbocycles. The number of aromatic amines is 1. The van der Waals surface area contributed by atoms with Gasteiger partial charge < -0.3 is 14.6 Å². The van der Waals surface area contributed by atoms with Crippen LogP contribution in [0, 0.1) is 0 Å². The van der Waals surface area contributed by atoms with E-state index in [1.54, 1.807) is 24.4 Å². The summed E-state index contributed by atoms with van der Waals surface area (Å²) in [6, 6.07) is 9.14. The first-order chi connectivity index (χ1) is 17.0. The van der Waals surface area contributed by atoms with Crippen molar-refractivity contribution >= 4 is 11.0 Å². The molecule has 7 nitrogen and oxygen atoms in total. The van der Waals surface area contributed by atoms with E-state index < -0.39 is 29.0 Å². The first-order valence-corrected chi connectivity index (χ1v) is 10.3. The van der Waals surface area contributed by atoms with E-state index in [1.807, 2.05) is 0 Å². The second-order valence-electron chi connectivity index (χ2n) is 7.81. The monoisotopic (exact) mass is 506 g/mol. The smallest absolute Gasteiger partial charge is 0.417 e. The van der Waals surface area contributed by atoms with Gasteiger partial charge in [0.15, 0.2) is 0 Å². The van der Waals surface area contributed by atoms with Crippen LogP contribution in [0.15, 0.2) is 65.4 Å². The van der Waals surface area contributed by atoms with E-state index in [-0.39, 0.29) is 29.8 Å². The molecule has 0 bridgehead atoms. The number of benzene rings is 2. The number of halogens is 6. The molecule has 3 aromatic heterocycles. The van der Waals surface area contributed by atoms with Gasteiger partial charge in [-0.1, -0.05) is 28.0 Å². The SMILES string of the molecule is Oc1ccccc1-c1nc2cn[n+](Cc3cc(-c4ccc(C(F)(F)F)cc4C(F)(F)F)no3)cc2[nH]1. The Balaban J connectivity index is 1.44. The first kappa shape index (κ1) is 23.3. The van der Waals surface area contributed by atoms with Gasteiger partial charge in [-0.05, 0) is 29.4 Å². The van der Waals surface area contributed by atoms with Gasteiger partial charge in [-0.3, -0.25) is 0 Å². The number of para-hydroxylation sites is 1. The predicted molar refractivity (Wildman–Crippen MR) is 112 cm³/mol. The summed E-state index contributed by atoms with van der Waals surface area (Å²) < 4.78 is 85.8. The summed E-state index contributed by atoms with van der Waals surface area (Å²) >= 11 is 0. The molecule has 0 fully saturated rings. The highest BCUT2D eigenvalue weighted by Crippen LogP contribution is 2.40. The molecule has 0 aliphatic heterocycles. The molecule has 0 amide bonds. The molecule has 0 saturated heterocycles. The molecule has 184 valence electrons. The summed E-state index contributed by atoms with van der Waals surface area (Å²) in [5.74, 6) is 0.565. The van der Waals surface area contributed by atoms with E-state index in [1.165, 1.54) is 23.0 Å². The van der Waals surface area contributed by atoms with Crippen LogP contribution in [0.5, 0.6) is 5.75 Å². The molecule has 36 heavy (non-hydrogen) atoms. The van der Waals surface area contributed by atoms with Gasteiger partial charge >= 0.3 is 12.4 Å². The van der Waals surface area contributed by atoms with Crippen LogP contribution >= 0.6 is 0 Å². The maximum absolute atomic E-state index is 13.5. The van der Waals surface area contributed by atoms with Crippen LogP contribution in [-0.4, -0.2) is 25.3 Å². The van der Waals surface area contributed by atoms with Crippen LogP contribution in [0.2, 0.25) is 0 Å². The topological polar surface area (TPSA) is 91.7 Å². The summed E-state index contributed by atoms with van der Waals surface area (Å²) in [7, 11) is 0. The summed E-state index contributed by atoms with van der Waals surface area (Å²) in [6.45, 7) is -0.0319. The van der Waals surface area contributed by atoms with Crippen molar-refractivity contribution in [3.63, 3.8) is 0 Å². The minimum atomic E-state index is -5.04. The average Bonchev–Trinajstić information content (AvgIpc) is 3.44. The van der Waals surface area contributed by atoms with Gasteiger partial charge in [-0.2, -0.15) is 26.3 Å². The van der Waals surface area contributed by atoms with Crippen molar-refractivity contribution in [1.29, 1.82) is 0 Å². The number of fused-ring (bicyclic) bond motifs is 1. The summed E-state index contributed by atoms with van der Waals surface area (Å²) in [4.78, 5) is 7.44. The Labute approximate surface area is 197 Å². The Morgan fingerprint density at radius 3 is 2.44 bits per heavy atom. The number of aromatic nitrogens is 5. The largest absolute Gasteiger partial charge is 0.507 e. The van der Waals surface area contributed by atoms with Gasteiger partial charge in [0.25, 0.3) is 0 Å². The highest BCUT2D eigenvalue weighted by Gasteiger charge is 2.39. The normalized spacial score (nSPS) is 12.4. The fourth-order valence-corrected chi connectivity index (χ4v) is 3.65. The average molecular weight is 506 g/mol. The van der Waals surface area contributed by atoms with Gasteiger partial charge in [-0.25, -0.2) is 4.98 Å². The lowest BCUT2D eigenvalue weighted by molar-refractivity contribution is -0.746. The van der Waals surface area contributed by atoms with Crippen LogP contribution in [0.3, 0.4) is 0 Å². The fourth-order valence-electron chi connectivity index (χ4n) is 3.65. The van der Waals surface area contributed by atoms with Gasteiger partial charge in [-0.15, -0.1) is 0 Å². The minimum Gasteiger partial charge on any atom is -0.507 e. The van der Waals surface area contributed by atoms with Crippen LogP contribution in [-0.2, 0) is 18.9 Å². The molecule has 5 rings (SSSR count). The second-order valence-corrected chi connectivity index (χ2v) is 7.81. The number of imidazole rings is 1. The molecule has 2 N–H and O–H groups in total. The third-order valence-corrected chi connectivity index (χ3v) is 5.33. The van der Waals surface area contributed by atoms with E-state index in [0.717, 1.165) is 6.07 Å². The molecule has 5 aromatic rings. The Morgan fingerprint density at radius 1 is 0.944 bits per heavy atom. The lowest BCUT2D eigenvalue weighted by Gasteiger charge is -2.14. The Bertz CT molecular complexity index is 1570. The molecule has 2 aromatic carbocycles. The zero-order valence-electron chi connectivity index (χ0n) is 17.9. The van der Waals surface area contributed by atoms with Gasteiger partial charge in [0, 0.05) is 11.6 Å². The van der Waals surface area contributed by atoms with E-state index >= 15 is 0 Å². The lowest BCUT2D eigenvalue weighted by Crippen LogP contribution is -2.37. The number of nitrogens with zero attached hydrogens (tertiary/aromatic N) is 4. The molecule has 13 heteroatoms. The zero-order valence-corrected chi connectivity index (χ0v) is 17.9. The molecular formula is C23H14F6N5O2+. The van der Waals surface area contributed by atoms with Crippen molar-refractivity contribution in [2.75, 3.05) is 0 Å². The first-order valence-electron chi connectivity index (χ1n) is 10.3.